The maximum atomic E-state index is 13.2. The fraction of sp³-hybridized carbons (Fsp3) is 0.938. The summed E-state index contributed by atoms with van der Waals surface area (Å²) in [6.45, 7) is 5.89. The molecule has 116 valence electrons. The maximum Gasteiger partial charge on any atom is 0.230 e. The third kappa shape index (κ3) is 3.34. The van der Waals surface area contributed by atoms with Crippen molar-refractivity contribution in [3.63, 3.8) is 0 Å². The molecular weight excluding hydrogens is 250 g/mol. The second-order valence-corrected chi connectivity index (χ2v) is 6.80. The van der Waals surface area contributed by atoms with Gasteiger partial charge >= 0.3 is 0 Å². The normalized spacial score (nSPS) is 27.4. The van der Waals surface area contributed by atoms with Gasteiger partial charge in [0.05, 0.1) is 5.41 Å². The Bertz CT molecular complexity index is 318. The predicted molar refractivity (Wildman–Crippen MR) is 82.7 cm³/mol. The third-order valence-corrected chi connectivity index (χ3v) is 5.19. The Balaban J connectivity index is 2.09. The van der Waals surface area contributed by atoms with Crippen molar-refractivity contribution in [2.75, 3.05) is 40.3 Å². The highest BCUT2D eigenvalue weighted by Gasteiger charge is 2.43. The molecule has 1 aliphatic carbocycles. The molecule has 0 aromatic rings. The number of hydrogen-bond acceptors (Lipinski definition) is 3. The van der Waals surface area contributed by atoms with E-state index in [0.29, 0.717) is 11.9 Å². The number of rotatable bonds is 6. The molecule has 1 saturated heterocycles. The Kier molecular flexibility index (Phi) is 5.44. The van der Waals surface area contributed by atoms with Crippen molar-refractivity contribution in [1.82, 2.24) is 15.1 Å². The van der Waals surface area contributed by atoms with Crippen molar-refractivity contribution in [2.45, 2.75) is 51.5 Å². The summed E-state index contributed by atoms with van der Waals surface area (Å²) in [6, 6.07) is 0.492. The molecule has 0 radical (unpaired) electrons. The van der Waals surface area contributed by atoms with Crippen LogP contribution in [0.15, 0.2) is 0 Å². The van der Waals surface area contributed by atoms with Crippen LogP contribution >= 0.6 is 0 Å². The van der Waals surface area contributed by atoms with Gasteiger partial charge in [-0.25, -0.2) is 0 Å². The highest BCUT2D eigenvalue weighted by Crippen LogP contribution is 2.34. The summed E-state index contributed by atoms with van der Waals surface area (Å²) in [4.78, 5) is 17.6. The fourth-order valence-corrected chi connectivity index (χ4v) is 3.66. The van der Waals surface area contributed by atoms with E-state index in [1.807, 2.05) is 0 Å². The van der Waals surface area contributed by atoms with Crippen LogP contribution in [0.2, 0.25) is 0 Å². The number of amides is 1. The first-order valence-electron chi connectivity index (χ1n) is 8.25. The number of nitrogens with one attached hydrogen (secondary N) is 1. The molecule has 0 bridgehead atoms. The molecule has 4 heteroatoms. The predicted octanol–water partition coefficient (Wildman–Crippen LogP) is 1.71. The molecule has 20 heavy (non-hydrogen) atoms. The average Bonchev–Trinajstić information content (AvgIpc) is 3.10. The Morgan fingerprint density at radius 1 is 1.25 bits per heavy atom. The molecule has 1 aliphatic heterocycles. The first kappa shape index (κ1) is 15.8. The largest absolute Gasteiger partial charge is 0.338 e. The summed E-state index contributed by atoms with van der Waals surface area (Å²) >= 11 is 0. The second kappa shape index (κ2) is 6.90. The van der Waals surface area contributed by atoms with E-state index in [1.54, 1.807) is 0 Å². The van der Waals surface area contributed by atoms with E-state index in [2.05, 4.69) is 36.1 Å². The number of likely N-dealkylation sites (N-methyl/N-ethyl adjacent to an activating group) is 1. The molecule has 1 heterocycles. The first-order valence-corrected chi connectivity index (χ1v) is 8.25. The molecule has 1 atom stereocenters. The van der Waals surface area contributed by atoms with Gasteiger partial charge in [0.1, 0.15) is 0 Å². The Hall–Kier alpha value is -0.610. The van der Waals surface area contributed by atoms with Crippen molar-refractivity contribution in [2.24, 2.45) is 5.41 Å². The van der Waals surface area contributed by atoms with Gasteiger partial charge in [-0.3, -0.25) is 4.79 Å². The minimum atomic E-state index is -0.130. The summed E-state index contributed by atoms with van der Waals surface area (Å²) in [5.74, 6) is 0.416. The van der Waals surface area contributed by atoms with Crippen LogP contribution in [0.3, 0.4) is 0 Å². The lowest BCUT2D eigenvalue weighted by Gasteiger charge is -2.37. The monoisotopic (exact) mass is 281 g/mol. The minimum Gasteiger partial charge on any atom is -0.338 e. The zero-order valence-corrected chi connectivity index (χ0v) is 13.5. The molecule has 4 nitrogen and oxygen atoms in total. The number of nitrogens with zero attached hydrogens (tertiary/aromatic N) is 2. The standard InChI is InChI=1S/C16H31N3O/c1-4-16(9-10-17-13-16)15(20)19(12-11-18(2)3)14-7-5-6-8-14/h14,17H,4-13H2,1-3H3. The topological polar surface area (TPSA) is 35.6 Å². The van der Waals surface area contributed by atoms with Crippen LogP contribution in [-0.4, -0.2) is 62.0 Å². The summed E-state index contributed by atoms with van der Waals surface area (Å²) in [7, 11) is 4.17. The third-order valence-electron chi connectivity index (χ3n) is 5.19. The zero-order valence-electron chi connectivity index (χ0n) is 13.5. The Morgan fingerprint density at radius 2 is 1.95 bits per heavy atom. The molecule has 2 fully saturated rings. The van der Waals surface area contributed by atoms with Gasteiger partial charge in [0.2, 0.25) is 5.91 Å². The van der Waals surface area contributed by atoms with E-state index in [9.17, 15) is 4.79 Å². The van der Waals surface area contributed by atoms with Crippen molar-refractivity contribution < 1.29 is 4.79 Å². The highest BCUT2D eigenvalue weighted by atomic mass is 16.2. The van der Waals surface area contributed by atoms with Crippen molar-refractivity contribution in [3.8, 4) is 0 Å². The molecule has 2 aliphatic rings. The van der Waals surface area contributed by atoms with Crippen LogP contribution in [0.4, 0.5) is 0 Å². The molecule has 1 N–H and O–H groups in total. The Labute approximate surface area is 123 Å². The summed E-state index contributed by atoms with van der Waals surface area (Å²) in [5, 5.41) is 3.40. The zero-order chi connectivity index (χ0) is 14.6. The molecule has 2 rings (SSSR count). The average molecular weight is 281 g/mol. The number of hydrogen-bond donors (Lipinski definition) is 1. The minimum absolute atomic E-state index is 0.130. The molecular formula is C16H31N3O. The number of carbonyl (C=O) groups is 1. The van der Waals surface area contributed by atoms with Gasteiger partial charge in [-0.1, -0.05) is 19.8 Å². The highest BCUT2D eigenvalue weighted by molar-refractivity contribution is 5.83. The number of carbonyl (C=O) groups excluding carboxylic acids is 1. The Morgan fingerprint density at radius 3 is 2.45 bits per heavy atom. The van der Waals surface area contributed by atoms with Crippen molar-refractivity contribution >= 4 is 5.91 Å². The lowest BCUT2D eigenvalue weighted by Crippen LogP contribution is -2.50. The van der Waals surface area contributed by atoms with Gasteiger partial charge < -0.3 is 15.1 Å². The van der Waals surface area contributed by atoms with E-state index < -0.39 is 0 Å². The van der Waals surface area contributed by atoms with Crippen LogP contribution in [0.25, 0.3) is 0 Å². The van der Waals surface area contributed by atoms with Crippen LogP contribution in [0.5, 0.6) is 0 Å². The van der Waals surface area contributed by atoms with E-state index in [-0.39, 0.29) is 5.41 Å². The molecule has 1 saturated carbocycles. The van der Waals surface area contributed by atoms with E-state index in [4.69, 9.17) is 0 Å². The molecule has 1 unspecified atom stereocenters. The summed E-state index contributed by atoms with van der Waals surface area (Å²) < 4.78 is 0. The fourth-order valence-electron chi connectivity index (χ4n) is 3.66. The molecule has 0 aromatic carbocycles. The summed E-state index contributed by atoms with van der Waals surface area (Å²) in [6.07, 6.45) is 6.94. The second-order valence-electron chi connectivity index (χ2n) is 6.80. The SMILES string of the molecule is CCC1(C(=O)N(CCN(C)C)C2CCCC2)CCNC1. The van der Waals surface area contributed by atoms with Gasteiger partial charge in [-0.15, -0.1) is 0 Å². The molecule has 0 spiro atoms. The van der Waals surface area contributed by atoms with Gasteiger partial charge in [-0.05, 0) is 46.3 Å². The molecule has 1 amide bonds. The molecule has 0 aromatic heterocycles. The van der Waals surface area contributed by atoms with E-state index in [1.165, 1.54) is 25.7 Å². The van der Waals surface area contributed by atoms with Crippen molar-refractivity contribution in [1.29, 1.82) is 0 Å². The smallest absolute Gasteiger partial charge is 0.230 e. The quantitative estimate of drug-likeness (QED) is 0.805. The maximum absolute atomic E-state index is 13.2. The summed E-state index contributed by atoms with van der Waals surface area (Å²) in [5.41, 5.74) is -0.130. The first-order chi connectivity index (χ1) is 9.59. The van der Waals surface area contributed by atoms with E-state index >= 15 is 0 Å². The van der Waals surface area contributed by atoms with Crippen LogP contribution < -0.4 is 5.32 Å². The van der Waals surface area contributed by atoms with Crippen molar-refractivity contribution in [3.05, 3.63) is 0 Å². The lowest BCUT2D eigenvalue weighted by atomic mass is 9.82. The van der Waals surface area contributed by atoms with Gasteiger partial charge in [-0.2, -0.15) is 0 Å². The van der Waals surface area contributed by atoms with Gasteiger partial charge in [0.15, 0.2) is 0 Å². The van der Waals surface area contributed by atoms with Crippen LogP contribution in [0, 0.1) is 5.41 Å². The van der Waals surface area contributed by atoms with Crippen LogP contribution in [-0.2, 0) is 4.79 Å². The van der Waals surface area contributed by atoms with E-state index in [0.717, 1.165) is 39.0 Å². The van der Waals surface area contributed by atoms with Gasteiger partial charge in [0.25, 0.3) is 0 Å². The van der Waals surface area contributed by atoms with Gasteiger partial charge in [0, 0.05) is 25.7 Å². The lowest BCUT2D eigenvalue weighted by molar-refractivity contribution is -0.144. The van der Waals surface area contributed by atoms with Crippen LogP contribution in [0.1, 0.15) is 45.4 Å².